The zero-order chi connectivity index (χ0) is 13.2. The molecule has 2 heterocycles. The fourth-order valence-corrected chi connectivity index (χ4v) is 2.92. The van der Waals surface area contributed by atoms with Gasteiger partial charge in [-0.05, 0) is 19.1 Å². The number of aryl methyl sites for hydroxylation is 1. The highest BCUT2D eigenvalue weighted by atomic mass is 19.1. The van der Waals surface area contributed by atoms with E-state index < -0.39 is 0 Å². The molecule has 3 nitrogen and oxygen atoms in total. The van der Waals surface area contributed by atoms with Crippen molar-refractivity contribution in [3.8, 4) is 0 Å². The molecule has 0 radical (unpaired) electrons. The van der Waals surface area contributed by atoms with Crippen molar-refractivity contribution in [3.05, 3.63) is 35.8 Å². The first-order chi connectivity index (χ1) is 9.29. The van der Waals surface area contributed by atoms with Crippen LogP contribution in [-0.2, 0) is 13.1 Å². The van der Waals surface area contributed by atoms with Crippen LogP contribution in [0.25, 0.3) is 10.9 Å². The maximum Gasteiger partial charge on any atom is 0.147 e. The Labute approximate surface area is 113 Å². The summed E-state index contributed by atoms with van der Waals surface area (Å²) < 4.78 is 16.1. The molecule has 2 aromatic rings. The lowest BCUT2D eigenvalue weighted by Crippen LogP contribution is -2.43. The first-order valence-corrected chi connectivity index (χ1v) is 6.99. The maximum absolute atomic E-state index is 14.0. The van der Waals surface area contributed by atoms with Crippen LogP contribution in [0.15, 0.2) is 24.3 Å². The average molecular weight is 261 g/mol. The Morgan fingerprint density at radius 1 is 1.26 bits per heavy atom. The largest absolute Gasteiger partial charge is 0.341 e. The highest BCUT2D eigenvalue weighted by Crippen LogP contribution is 2.23. The van der Waals surface area contributed by atoms with Gasteiger partial charge in [-0.25, -0.2) is 4.39 Å². The fraction of sp³-hybridized carbons (Fsp3) is 0.467. The standard InChI is InChI=1S/C15H20FN3/c1-2-19-13(11-18-8-6-17-7-9-18)10-12-4-3-5-14(16)15(12)19/h3-5,10,17H,2,6-9,11H2,1H3. The highest BCUT2D eigenvalue weighted by molar-refractivity contribution is 5.81. The molecule has 102 valence electrons. The van der Waals surface area contributed by atoms with E-state index in [1.54, 1.807) is 12.1 Å². The molecule has 1 aromatic carbocycles. The number of hydrogen-bond donors (Lipinski definition) is 1. The van der Waals surface area contributed by atoms with Gasteiger partial charge in [-0.1, -0.05) is 12.1 Å². The van der Waals surface area contributed by atoms with Crippen molar-refractivity contribution in [1.82, 2.24) is 14.8 Å². The molecule has 3 rings (SSSR count). The molecule has 4 heteroatoms. The van der Waals surface area contributed by atoms with Crippen LogP contribution in [-0.4, -0.2) is 35.6 Å². The second kappa shape index (κ2) is 5.31. The van der Waals surface area contributed by atoms with E-state index in [0.717, 1.165) is 50.2 Å². The topological polar surface area (TPSA) is 20.2 Å². The summed E-state index contributed by atoms with van der Waals surface area (Å²) >= 11 is 0. The number of piperazine rings is 1. The third kappa shape index (κ3) is 2.38. The van der Waals surface area contributed by atoms with E-state index in [1.807, 2.05) is 6.07 Å². The van der Waals surface area contributed by atoms with Crippen LogP contribution in [0.4, 0.5) is 4.39 Å². The van der Waals surface area contributed by atoms with E-state index in [-0.39, 0.29) is 5.82 Å². The van der Waals surface area contributed by atoms with Crippen LogP contribution < -0.4 is 5.32 Å². The molecular formula is C15H20FN3. The van der Waals surface area contributed by atoms with Gasteiger partial charge >= 0.3 is 0 Å². The minimum absolute atomic E-state index is 0.120. The predicted octanol–water partition coefficient (Wildman–Crippen LogP) is 2.21. The lowest BCUT2D eigenvalue weighted by molar-refractivity contribution is 0.228. The summed E-state index contributed by atoms with van der Waals surface area (Å²) in [5, 5.41) is 4.36. The zero-order valence-electron chi connectivity index (χ0n) is 11.3. The van der Waals surface area contributed by atoms with E-state index in [4.69, 9.17) is 0 Å². The Morgan fingerprint density at radius 3 is 2.79 bits per heavy atom. The van der Waals surface area contributed by atoms with Crippen molar-refractivity contribution < 1.29 is 4.39 Å². The number of halogens is 1. The van der Waals surface area contributed by atoms with Crippen molar-refractivity contribution in [2.24, 2.45) is 0 Å². The van der Waals surface area contributed by atoms with Gasteiger partial charge in [0.25, 0.3) is 0 Å². The van der Waals surface area contributed by atoms with Crippen molar-refractivity contribution in [3.63, 3.8) is 0 Å². The highest BCUT2D eigenvalue weighted by Gasteiger charge is 2.15. The number of benzene rings is 1. The van der Waals surface area contributed by atoms with Crippen molar-refractivity contribution in [1.29, 1.82) is 0 Å². The van der Waals surface area contributed by atoms with E-state index in [1.165, 1.54) is 5.69 Å². The van der Waals surface area contributed by atoms with Crippen LogP contribution in [0, 0.1) is 5.82 Å². The summed E-state index contributed by atoms with van der Waals surface area (Å²) in [5.74, 6) is -0.120. The molecule has 19 heavy (non-hydrogen) atoms. The summed E-state index contributed by atoms with van der Waals surface area (Å²) in [4.78, 5) is 2.43. The van der Waals surface area contributed by atoms with E-state index in [0.29, 0.717) is 0 Å². The Balaban J connectivity index is 1.96. The number of hydrogen-bond acceptors (Lipinski definition) is 2. The molecule has 1 saturated heterocycles. The normalized spacial score (nSPS) is 17.2. The Kier molecular flexibility index (Phi) is 3.53. The summed E-state index contributed by atoms with van der Waals surface area (Å²) in [6, 6.07) is 7.45. The van der Waals surface area contributed by atoms with Crippen LogP contribution in [0.1, 0.15) is 12.6 Å². The van der Waals surface area contributed by atoms with Crippen molar-refractivity contribution in [2.75, 3.05) is 26.2 Å². The van der Waals surface area contributed by atoms with Crippen molar-refractivity contribution in [2.45, 2.75) is 20.0 Å². The van der Waals surface area contributed by atoms with Gasteiger partial charge in [0.2, 0.25) is 0 Å². The second-order valence-corrected chi connectivity index (χ2v) is 5.08. The molecule has 0 amide bonds. The van der Waals surface area contributed by atoms with Gasteiger partial charge in [0.05, 0.1) is 5.52 Å². The smallest absolute Gasteiger partial charge is 0.147 e. The molecule has 0 aliphatic carbocycles. The lowest BCUT2D eigenvalue weighted by Gasteiger charge is -2.27. The van der Waals surface area contributed by atoms with Gasteiger partial charge in [-0.3, -0.25) is 4.90 Å². The molecule has 1 aromatic heterocycles. The Morgan fingerprint density at radius 2 is 2.05 bits per heavy atom. The average Bonchev–Trinajstić information content (AvgIpc) is 2.78. The summed E-state index contributed by atoms with van der Waals surface area (Å²) in [6.45, 7) is 8.01. The molecule has 0 unspecified atom stereocenters. The summed E-state index contributed by atoms with van der Waals surface area (Å²) in [5.41, 5.74) is 1.96. The van der Waals surface area contributed by atoms with Gasteiger partial charge in [-0.2, -0.15) is 0 Å². The third-order valence-electron chi connectivity index (χ3n) is 3.87. The van der Waals surface area contributed by atoms with E-state index in [2.05, 4.69) is 27.8 Å². The molecular weight excluding hydrogens is 241 g/mol. The van der Waals surface area contributed by atoms with E-state index >= 15 is 0 Å². The van der Waals surface area contributed by atoms with Crippen LogP contribution in [0.2, 0.25) is 0 Å². The van der Waals surface area contributed by atoms with Crippen LogP contribution in [0.3, 0.4) is 0 Å². The van der Waals surface area contributed by atoms with E-state index in [9.17, 15) is 4.39 Å². The van der Waals surface area contributed by atoms with Gasteiger partial charge in [0.1, 0.15) is 5.82 Å². The minimum Gasteiger partial charge on any atom is -0.341 e. The van der Waals surface area contributed by atoms with Gasteiger partial charge in [0, 0.05) is 50.3 Å². The zero-order valence-corrected chi connectivity index (χ0v) is 11.3. The van der Waals surface area contributed by atoms with Crippen LogP contribution >= 0.6 is 0 Å². The monoisotopic (exact) mass is 261 g/mol. The first kappa shape index (κ1) is 12.6. The second-order valence-electron chi connectivity index (χ2n) is 5.08. The van der Waals surface area contributed by atoms with Gasteiger partial charge in [0.15, 0.2) is 0 Å². The molecule has 0 atom stereocenters. The number of nitrogens with one attached hydrogen (secondary N) is 1. The predicted molar refractivity (Wildman–Crippen MR) is 75.7 cm³/mol. The number of nitrogens with zero attached hydrogens (tertiary/aromatic N) is 2. The molecule has 1 aliphatic heterocycles. The number of rotatable bonds is 3. The van der Waals surface area contributed by atoms with Gasteiger partial charge in [-0.15, -0.1) is 0 Å². The molecule has 1 N–H and O–H groups in total. The van der Waals surface area contributed by atoms with Crippen molar-refractivity contribution >= 4 is 10.9 Å². The quantitative estimate of drug-likeness (QED) is 0.914. The first-order valence-electron chi connectivity index (χ1n) is 6.99. The summed E-state index contributed by atoms with van der Waals surface area (Å²) in [7, 11) is 0. The van der Waals surface area contributed by atoms with Gasteiger partial charge < -0.3 is 9.88 Å². The fourth-order valence-electron chi connectivity index (χ4n) is 2.92. The molecule has 0 spiro atoms. The SMILES string of the molecule is CCn1c(CN2CCNCC2)cc2cccc(F)c21. The Hall–Kier alpha value is -1.39. The van der Waals surface area contributed by atoms with Crippen LogP contribution in [0.5, 0.6) is 0 Å². The number of fused-ring (bicyclic) bond motifs is 1. The number of aromatic nitrogens is 1. The molecule has 0 bridgehead atoms. The lowest BCUT2D eigenvalue weighted by atomic mass is 10.2. The molecule has 0 saturated carbocycles. The summed E-state index contributed by atoms with van der Waals surface area (Å²) in [6.07, 6.45) is 0. The minimum atomic E-state index is -0.120. The Bertz CT molecular complexity index is 570. The number of para-hydroxylation sites is 1. The molecule has 1 fully saturated rings. The maximum atomic E-state index is 14.0. The molecule has 1 aliphatic rings. The third-order valence-corrected chi connectivity index (χ3v) is 3.87.